The number of amides is 1. The molecule has 8 nitrogen and oxygen atoms in total. The number of aromatic nitrogens is 4. The second-order valence-electron chi connectivity index (χ2n) is 8.46. The smallest absolute Gasteiger partial charge is 0.332 e. The zero-order valence-corrected chi connectivity index (χ0v) is 18.5. The first-order chi connectivity index (χ1) is 14.5. The number of rotatable bonds is 5. The van der Waals surface area contributed by atoms with Crippen molar-refractivity contribution in [3.8, 4) is 0 Å². The Morgan fingerprint density at radius 2 is 1.67 bits per heavy atom. The zero-order chi connectivity index (χ0) is 21.3. The van der Waals surface area contributed by atoms with Crippen molar-refractivity contribution in [1.82, 2.24) is 24.4 Å². The largest absolute Gasteiger partial charge is 0.353 e. The van der Waals surface area contributed by atoms with Gasteiger partial charge in [-0.05, 0) is 25.7 Å². The average molecular weight is 432 g/mol. The number of aryl methyl sites for hydroxylation is 1. The van der Waals surface area contributed by atoms with Gasteiger partial charge in [-0.15, -0.1) is 0 Å². The molecule has 0 bridgehead atoms. The van der Waals surface area contributed by atoms with Crippen LogP contribution >= 0.6 is 11.8 Å². The minimum atomic E-state index is -0.415. The average Bonchev–Trinajstić information content (AvgIpc) is 3.27. The Bertz CT molecular complexity index is 1060. The number of fused-ring (bicyclic) bond motifs is 1. The van der Waals surface area contributed by atoms with Gasteiger partial charge in [0.15, 0.2) is 5.65 Å². The molecule has 0 saturated heterocycles. The molecular formula is C21H29N5O3S. The van der Waals surface area contributed by atoms with E-state index < -0.39 is 11.2 Å². The van der Waals surface area contributed by atoms with Crippen LogP contribution in [0.1, 0.15) is 69.5 Å². The molecule has 2 aromatic rings. The molecule has 30 heavy (non-hydrogen) atoms. The van der Waals surface area contributed by atoms with Crippen LogP contribution in [0, 0.1) is 0 Å². The molecule has 1 amide bonds. The lowest BCUT2D eigenvalue weighted by Crippen LogP contribution is -2.38. The summed E-state index contributed by atoms with van der Waals surface area (Å²) in [5.41, 5.74) is -0.463. The number of nitrogens with zero attached hydrogens (tertiary/aromatic N) is 4. The van der Waals surface area contributed by atoms with Gasteiger partial charge in [-0.25, -0.2) is 14.8 Å². The highest BCUT2D eigenvalue weighted by Crippen LogP contribution is 2.33. The fourth-order valence-electron chi connectivity index (χ4n) is 4.57. The summed E-state index contributed by atoms with van der Waals surface area (Å²) in [5, 5.41) is 3.90. The van der Waals surface area contributed by atoms with Crippen molar-refractivity contribution >= 4 is 28.7 Å². The summed E-state index contributed by atoms with van der Waals surface area (Å²) in [6.45, 7) is 0. The van der Waals surface area contributed by atoms with Crippen molar-refractivity contribution < 1.29 is 4.79 Å². The molecule has 2 aromatic heterocycles. The van der Waals surface area contributed by atoms with Gasteiger partial charge in [-0.2, -0.15) is 0 Å². The molecule has 0 aromatic carbocycles. The second-order valence-corrected chi connectivity index (χ2v) is 9.43. The van der Waals surface area contributed by atoms with Gasteiger partial charge in [0.05, 0.1) is 5.75 Å². The highest BCUT2D eigenvalue weighted by atomic mass is 32.2. The zero-order valence-electron chi connectivity index (χ0n) is 17.6. The van der Waals surface area contributed by atoms with Crippen LogP contribution in [-0.2, 0) is 18.9 Å². The van der Waals surface area contributed by atoms with Gasteiger partial charge in [-0.3, -0.25) is 18.7 Å². The predicted octanol–water partition coefficient (Wildman–Crippen LogP) is 2.23. The molecule has 0 atom stereocenters. The Hall–Kier alpha value is -2.16. The summed E-state index contributed by atoms with van der Waals surface area (Å²) >= 11 is 1.27. The van der Waals surface area contributed by atoms with E-state index in [0.29, 0.717) is 21.9 Å². The number of thioether (sulfide) groups is 1. The van der Waals surface area contributed by atoms with Crippen LogP contribution in [0.2, 0.25) is 0 Å². The molecule has 2 aliphatic rings. The highest BCUT2D eigenvalue weighted by Gasteiger charge is 2.24. The molecule has 2 saturated carbocycles. The van der Waals surface area contributed by atoms with Crippen LogP contribution < -0.4 is 16.6 Å². The maximum atomic E-state index is 12.9. The standard InChI is InChI=1S/C21H29N5O3S/c1-25-18-16(20(28)26(2)21(25)29)19(24-17(23-18)13-8-4-3-5-9-13)30-12-15(27)22-14-10-6-7-11-14/h13-14H,3-12H2,1-2H3,(H,22,27). The lowest BCUT2D eigenvalue weighted by molar-refractivity contribution is -0.119. The number of hydrogen-bond donors (Lipinski definition) is 1. The van der Waals surface area contributed by atoms with Gasteiger partial charge in [0.1, 0.15) is 16.2 Å². The summed E-state index contributed by atoms with van der Waals surface area (Å²) in [6, 6.07) is 0.256. The van der Waals surface area contributed by atoms with E-state index >= 15 is 0 Å². The maximum absolute atomic E-state index is 12.9. The van der Waals surface area contributed by atoms with Crippen LogP contribution in [0.25, 0.3) is 11.0 Å². The predicted molar refractivity (Wildman–Crippen MR) is 117 cm³/mol. The van der Waals surface area contributed by atoms with Gasteiger partial charge in [0.25, 0.3) is 5.56 Å². The number of carbonyl (C=O) groups is 1. The van der Waals surface area contributed by atoms with Crippen LogP contribution in [0.3, 0.4) is 0 Å². The lowest BCUT2D eigenvalue weighted by Gasteiger charge is -2.21. The Kier molecular flexibility index (Phi) is 6.26. The first-order valence-electron chi connectivity index (χ1n) is 10.9. The monoisotopic (exact) mass is 431 g/mol. The summed E-state index contributed by atoms with van der Waals surface area (Å²) in [5.74, 6) is 1.07. The van der Waals surface area contributed by atoms with Crippen molar-refractivity contribution in [2.24, 2.45) is 14.1 Å². The van der Waals surface area contributed by atoms with E-state index in [2.05, 4.69) is 10.3 Å². The minimum absolute atomic E-state index is 0.0421. The fourth-order valence-corrected chi connectivity index (χ4v) is 5.40. The first kappa shape index (κ1) is 21.1. The highest BCUT2D eigenvalue weighted by molar-refractivity contribution is 8.00. The van der Waals surface area contributed by atoms with Crippen molar-refractivity contribution in [3.63, 3.8) is 0 Å². The van der Waals surface area contributed by atoms with Crippen molar-refractivity contribution in [3.05, 3.63) is 26.7 Å². The van der Waals surface area contributed by atoms with E-state index in [1.807, 2.05) is 0 Å². The molecule has 2 heterocycles. The second kappa shape index (κ2) is 8.91. The lowest BCUT2D eigenvalue weighted by atomic mass is 9.89. The molecular weight excluding hydrogens is 402 g/mol. The molecule has 0 radical (unpaired) electrons. The van der Waals surface area contributed by atoms with Crippen LogP contribution in [0.4, 0.5) is 0 Å². The summed E-state index contributed by atoms with van der Waals surface area (Å²) in [4.78, 5) is 47.2. The van der Waals surface area contributed by atoms with Crippen molar-refractivity contribution in [2.45, 2.75) is 74.8 Å². The van der Waals surface area contributed by atoms with Crippen LogP contribution in [-0.4, -0.2) is 36.8 Å². The van der Waals surface area contributed by atoms with Gasteiger partial charge in [0, 0.05) is 26.1 Å². The van der Waals surface area contributed by atoms with E-state index in [1.165, 1.54) is 29.8 Å². The van der Waals surface area contributed by atoms with Crippen molar-refractivity contribution in [2.75, 3.05) is 5.75 Å². The molecule has 9 heteroatoms. The summed E-state index contributed by atoms with van der Waals surface area (Å²) in [7, 11) is 3.09. The van der Waals surface area contributed by atoms with E-state index in [4.69, 9.17) is 4.98 Å². The minimum Gasteiger partial charge on any atom is -0.353 e. The molecule has 162 valence electrons. The molecule has 0 unspecified atom stereocenters. The van der Waals surface area contributed by atoms with E-state index in [-0.39, 0.29) is 23.6 Å². The third-order valence-corrected chi connectivity index (χ3v) is 7.29. The number of carbonyl (C=O) groups excluding carboxylic acids is 1. The molecule has 1 N–H and O–H groups in total. The van der Waals surface area contributed by atoms with Crippen LogP contribution in [0.15, 0.2) is 14.6 Å². The Morgan fingerprint density at radius 3 is 2.37 bits per heavy atom. The van der Waals surface area contributed by atoms with E-state index in [0.717, 1.165) is 55.9 Å². The van der Waals surface area contributed by atoms with Gasteiger partial charge >= 0.3 is 5.69 Å². The summed E-state index contributed by atoms with van der Waals surface area (Å²) < 4.78 is 2.49. The number of hydrogen-bond acceptors (Lipinski definition) is 6. The topological polar surface area (TPSA) is 98.9 Å². The van der Waals surface area contributed by atoms with E-state index in [1.54, 1.807) is 7.05 Å². The molecule has 2 aliphatic carbocycles. The Balaban J connectivity index is 1.70. The molecule has 2 fully saturated rings. The molecule has 0 aliphatic heterocycles. The SMILES string of the molecule is Cn1c(=O)c2c(SCC(=O)NC3CCCC3)nc(C3CCCCC3)nc2n(C)c1=O. The fraction of sp³-hybridized carbons (Fsp3) is 0.667. The Morgan fingerprint density at radius 1 is 1.00 bits per heavy atom. The van der Waals surface area contributed by atoms with Crippen LogP contribution in [0.5, 0.6) is 0 Å². The Labute approximate surface area is 179 Å². The molecule has 0 spiro atoms. The first-order valence-corrected chi connectivity index (χ1v) is 11.8. The van der Waals surface area contributed by atoms with E-state index in [9.17, 15) is 14.4 Å². The normalized spacial score (nSPS) is 18.2. The van der Waals surface area contributed by atoms with Gasteiger partial charge in [0.2, 0.25) is 5.91 Å². The maximum Gasteiger partial charge on any atom is 0.332 e. The third-order valence-electron chi connectivity index (χ3n) is 6.31. The number of nitrogens with one attached hydrogen (secondary N) is 1. The van der Waals surface area contributed by atoms with Gasteiger partial charge < -0.3 is 5.32 Å². The molecule has 4 rings (SSSR count). The van der Waals surface area contributed by atoms with Gasteiger partial charge in [-0.1, -0.05) is 43.9 Å². The quantitative estimate of drug-likeness (QED) is 0.576. The van der Waals surface area contributed by atoms with Crippen molar-refractivity contribution in [1.29, 1.82) is 0 Å². The third kappa shape index (κ3) is 4.17. The summed E-state index contributed by atoms with van der Waals surface area (Å²) in [6.07, 6.45) is 9.87.